The van der Waals surface area contributed by atoms with Gasteiger partial charge in [-0.3, -0.25) is 9.59 Å². The number of piperidine rings is 1. The summed E-state index contributed by atoms with van der Waals surface area (Å²) >= 11 is 0. The first-order valence-corrected chi connectivity index (χ1v) is 9.31. The zero-order valence-corrected chi connectivity index (χ0v) is 14.7. The van der Waals surface area contributed by atoms with E-state index in [1.807, 2.05) is 17.0 Å². The zero-order valence-electron chi connectivity index (χ0n) is 14.7. The molecule has 4 rings (SSSR count). The molecule has 132 valence electrons. The number of carbonyl (C=O) groups is 2. The van der Waals surface area contributed by atoms with E-state index in [-0.39, 0.29) is 17.7 Å². The quantitative estimate of drug-likeness (QED) is 0.883. The van der Waals surface area contributed by atoms with Gasteiger partial charge in [-0.15, -0.1) is 0 Å². The topological polar surface area (TPSA) is 65.2 Å². The third-order valence-electron chi connectivity index (χ3n) is 5.74. The lowest BCUT2D eigenvalue weighted by atomic mass is 9.94. The van der Waals surface area contributed by atoms with E-state index in [1.54, 1.807) is 7.05 Å². The molecule has 1 saturated heterocycles. The van der Waals surface area contributed by atoms with E-state index in [0.717, 1.165) is 36.8 Å². The van der Waals surface area contributed by atoms with Crippen LogP contribution in [0.1, 0.15) is 47.3 Å². The van der Waals surface area contributed by atoms with Crippen LogP contribution in [-0.2, 0) is 17.6 Å². The molecule has 0 saturated carbocycles. The number of hydrogen-bond donors (Lipinski definition) is 2. The van der Waals surface area contributed by atoms with E-state index in [9.17, 15) is 9.59 Å². The summed E-state index contributed by atoms with van der Waals surface area (Å²) in [5.41, 5.74) is 4.64. The van der Waals surface area contributed by atoms with E-state index in [0.29, 0.717) is 13.1 Å². The summed E-state index contributed by atoms with van der Waals surface area (Å²) in [6.07, 6.45) is 6.17. The second kappa shape index (κ2) is 6.54. The third kappa shape index (κ3) is 2.92. The Labute approximate surface area is 147 Å². The maximum absolute atomic E-state index is 12.9. The highest BCUT2D eigenvalue weighted by Gasteiger charge is 2.27. The largest absolute Gasteiger partial charge is 0.359 e. The van der Waals surface area contributed by atoms with E-state index in [2.05, 4.69) is 16.4 Å². The van der Waals surface area contributed by atoms with Crippen LogP contribution in [0, 0.1) is 5.92 Å². The second-order valence-electron chi connectivity index (χ2n) is 7.23. The first kappa shape index (κ1) is 16.2. The number of H-pyrrole nitrogens is 1. The fourth-order valence-electron chi connectivity index (χ4n) is 4.27. The molecule has 0 atom stereocenters. The molecule has 25 heavy (non-hydrogen) atoms. The number of hydrogen-bond acceptors (Lipinski definition) is 2. The van der Waals surface area contributed by atoms with Gasteiger partial charge in [0.2, 0.25) is 5.91 Å². The third-order valence-corrected chi connectivity index (χ3v) is 5.74. The molecule has 1 fully saturated rings. The lowest BCUT2D eigenvalue weighted by Gasteiger charge is -2.31. The predicted octanol–water partition coefficient (Wildman–Crippen LogP) is 2.64. The molecule has 2 aromatic rings. The van der Waals surface area contributed by atoms with Gasteiger partial charge in [0.15, 0.2) is 0 Å². The van der Waals surface area contributed by atoms with Crippen molar-refractivity contribution in [3.8, 4) is 0 Å². The molecule has 2 aliphatic rings. The Balaban J connectivity index is 1.53. The molecule has 2 heterocycles. The van der Waals surface area contributed by atoms with Crippen molar-refractivity contribution in [1.82, 2.24) is 15.2 Å². The number of aryl methyl sites for hydroxylation is 2. The molecule has 2 amide bonds. The number of aromatic nitrogens is 1. The molecule has 2 N–H and O–H groups in total. The molecule has 1 aliphatic carbocycles. The van der Waals surface area contributed by atoms with Crippen molar-refractivity contribution in [2.45, 2.75) is 38.5 Å². The normalized spacial score (nSPS) is 18.2. The highest BCUT2D eigenvalue weighted by atomic mass is 16.2. The summed E-state index contributed by atoms with van der Waals surface area (Å²) in [6, 6.07) is 6.03. The predicted molar refractivity (Wildman–Crippen MR) is 97.6 cm³/mol. The Morgan fingerprint density at radius 1 is 1.16 bits per heavy atom. The smallest absolute Gasteiger partial charge is 0.253 e. The summed E-state index contributed by atoms with van der Waals surface area (Å²) in [5.74, 6) is 0.212. The summed E-state index contributed by atoms with van der Waals surface area (Å²) in [6.45, 7) is 1.31. The van der Waals surface area contributed by atoms with Gasteiger partial charge in [0, 0.05) is 48.2 Å². The average Bonchev–Trinajstić information content (AvgIpc) is 3.04. The molecule has 0 bridgehead atoms. The van der Waals surface area contributed by atoms with Crippen LogP contribution in [0.5, 0.6) is 0 Å². The number of likely N-dealkylation sites (tertiary alicyclic amines) is 1. The fourth-order valence-corrected chi connectivity index (χ4v) is 4.27. The molecule has 0 unspecified atom stereocenters. The minimum atomic E-state index is 0.0354. The number of benzene rings is 1. The zero-order chi connectivity index (χ0) is 17.4. The number of nitrogens with zero attached hydrogens (tertiary/aromatic N) is 1. The SMILES string of the molecule is CNC(=O)C1CCN(C(=O)c2ccc3[nH]c4c(c3c2)CCCC4)CC1. The van der Waals surface area contributed by atoms with Crippen molar-refractivity contribution in [3.05, 3.63) is 35.0 Å². The number of aromatic amines is 1. The van der Waals surface area contributed by atoms with Crippen molar-refractivity contribution in [2.75, 3.05) is 20.1 Å². The van der Waals surface area contributed by atoms with Gasteiger partial charge >= 0.3 is 0 Å². The van der Waals surface area contributed by atoms with Gasteiger partial charge in [-0.25, -0.2) is 0 Å². The summed E-state index contributed by atoms with van der Waals surface area (Å²) in [4.78, 5) is 30.0. The number of nitrogens with one attached hydrogen (secondary N) is 2. The highest BCUT2D eigenvalue weighted by Crippen LogP contribution is 2.30. The fraction of sp³-hybridized carbons (Fsp3) is 0.500. The van der Waals surface area contributed by atoms with Crippen LogP contribution in [0.15, 0.2) is 18.2 Å². The van der Waals surface area contributed by atoms with Crippen molar-refractivity contribution in [2.24, 2.45) is 5.92 Å². The first-order valence-electron chi connectivity index (χ1n) is 9.31. The first-order chi connectivity index (χ1) is 12.2. The Morgan fingerprint density at radius 2 is 1.92 bits per heavy atom. The monoisotopic (exact) mass is 339 g/mol. The van der Waals surface area contributed by atoms with E-state index in [4.69, 9.17) is 0 Å². The molecule has 5 nitrogen and oxygen atoms in total. The van der Waals surface area contributed by atoms with E-state index in [1.165, 1.54) is 29.5 Å². The standard InChI is InChI=1S/C20H25N3O2/c1-21-19(24)13-8-10-23(11-9-13)20(25)14-6-7-18-16(12-14)15-4-2-3-5-17(15)22-18/h6-7,12-13,22H,2-5,8-11H2,1H3,(H,21,24). The Kier molecular flexibility index (Phi) is 4.24. The lowest BCUT2D eigenvalue weighted by molar-refractivity contribution is -0.125. The molecule has 5 heteroatoms. The highest BCUT2D eigenvalue weighted by molar-refractivity contribution is 5.99. The number of carbonyl (C=O) groups excluding carboxylic acids is 2. The Bertz CT molecular complexity index is 816. The van der Waals surface area contributed by atoms with Gasteiger partial charge in [0.05, 0.1) is 0 Å². The van der Waals surface area contributed by atoms with Crippen LogP contribution >= 0.6 is 0 Å². The van der Waals surface area contributed by atoms with Gasteiger partial charge < -0.3 is 15.2 Å². The van der Waals surface area contributed by atoms with Crippen LogP contribution in [0.25, 0.3) is 10.9 Å². The summed E-state index contributed by atoms with van der Waals surface area (Å²) < 4.78 is 0. The van der Waals surface area contributed by atoms with Gasteiger partial charge in [0.25, 0.3) is 5.91 Å². The number of rotatable bonds is 2. The molecular formula is C20H25N3O2. The maximum Gasteiger partial charge on any atom is 0.253 e. The van der Waals surface area contributed by atoms with E-state index >= 15 is 0 Å². The number of fused-ring (bicyclic) bond motifs is 3. The van der Waals surface area contributed by atoms with Crippen LogP contribution < -0.4 is 5.32 Å². The van der Waals surface area contributed by atoms with Gasteiger partial charge in [-0.2, -0.15) is 0 Å². The van der Waals surface area contributed by atoms with Crippen LogP contribution in [0.3, 0.4) is 0 Å². The summed E-state index contributed by atoms with van der Waals surface area (Å²) in [5, 5.41) is 3.92. The average molecular weight is 339 g/mol. The Hall–Kier alpha value is -2.30. The molecule has 0 spiro atoms. The second-order valence-corrected chi connectivity index (χ2v) is 7.23. The Morgan fingerprint density at radius 3 is 2.68 bits per heavy atom. The number of amides is 2. The summed E-state index contributed by atoms with van der Waals surface area (Å²) in [7, 11) is 1.67. The minimum absolute atomic E-state index is 0.0354. The molecule has 1 aromatic heterocycles. The van der Waals surface area contributed by atoms with Crippen LogP contribution in [0.4, 0.5) is 0 Å². The van der Waals surface area contributed by atoms with Crippen LogP contribution in [-0.4, -0.2) is 41.8 Å². The molecule has 1 aliphatic heterocycles. The van der Waals surface area contributed by atoms with E-state index < -0.39 is 0 Å². The van der Waals surface area contributed by atoms with Crippen molar-refractivity contribution >= 4 is 22.7 Å². The lowest BCUT2D eigenvalue weighted by Crippen LogP contribution is -2.42. The van der Waals surface area contributed by atoms with Crippen molar-refractivity contribution in [1.29, 1.82) is 0 Å². The van der Waals surface area contributed by atoms with Gasteiger partial charge in [0.1, 0.15) is 0 Å². The molecular weight excluding hydrogens is 314 g/mol. The molecule has 1 aromatic carbocycles. The van der Waals surface area contributed by atoms with Gasteiger partial charge in [-0.05, 0) is 62.3 Å². The molecule has 0 radical (unpaired) electrons. The van der Waals surface area contributed by atoms with Gasteiger partial charge in [-0.1, -0.05) is 0 Å². The van der Waals surface area contributed by atoms with Crippen LogP contribution in [0.2, 0.25) is 0 Å². The van der Waals surface area contributed by atoms with Crippen molar-refractivity contribution in [3.63, 3.8) is 0 Å². The minimum Gasteiger partial charge on any atom is -0.359 e. The maximum atomic E-state index is 12.9. The van der Waals surface area contributed by atoms with Crippen molar-refractivity contribution < 1.29 is 9.59 Å².